The van der Waals surface area contributed by atoms with Crippen LogP contribution in [0, 0.1) is 0 Å². The number of hydrogen-bond acceptors (Lipinski definition) is 6. The highest BCUT2D eigenvalue weighted by atomic mass is 16.5. The van der Waals surface area contributed by atoms with Gasteiger partial charge in [0.25, 0.3) is 0 Å². The van der Waals surface area contributed by atoms with Crippen LogP contribution in [0.1, 0.15) is 22.8 Å². The molecule has 0 aliphatic carbocycles. The molecule has 1 N–H and O–H groups in total. The van der Waals surface area contributed by atoms with Crippen LogP contribution in [0.3, 0.4) is 0 Å². The number of nitrogens with zero attached hydrogens (tertiary/aromatic N) is 1. The maximum atomic E-state index is 11.6. The van der Waals surface area contributed by atoms with Crippen molar-refractivity contribution in [3.05, 3.63) is 53.6 Å². The van der Waals surface area contributed by atoms with Gasteiger partial charge in [-0.25, -0.2) is 0 Å². The molecule has 1 heterocycles. The van der Waals surface area contributed by atoms with E-state index in [-0.39, 0.29) is 5.56 Å². The molecule has 0 spiro atoms. The number of benzene rings is 2. The molecular formula is C20H23N2O4-. The van der Waals surface area contributed by atoms with Gasteiger partial charge in [-0.1, -0.05) is 12.1 Å². The monoisotopic (exact) mass is 355 g/mol. The SMILES string of the molecule is CCOc1ccc(CNc2ccc(N3CCOCC3)c(C(=O)[O-])c2)cc1. The molecule has 6 heteroatoms. The van der Waals surface area contributed by atoms with Crippen LogP contribution in [-0.2, 0) is 11.3 Å². The van der Waals surface area contributed by atoms with Crippen LogP contribution < -0.4 is 20.1 Å². The summed E-state index contributed by atoms with van der Waals surface area (Å²) in [6.45, 7) is 5.74. The molecule has 0 aromatic heterocycles. The van der Waals surface area contributed by atoms with Crippen LogP contribution in [0.4, 0.5) is 11.4 Å². The number of rotatable bonds is 7. The molecule has 1 aliphatic rings. The summed E-state index contributed by atoms with van der Waals surface area (Å²) >= 11 is 0. The largest absolute Gasteiger partial charge is 0.545 e. The topological polar surface area (TPSA) is 73.9 Å². The number of carbonyl (C=O) groups is 1. The Morgan fingerprint density at radius 1 is 1.19 bits per heavy atom. The number of nitrogens with one attached hydrogen (secondary N) is 1. The second-order valence-corrected chi connectivity index (χ2v) is 6.05. The van der Waals surface area contributed by atoms with E-state index in [2.05, 4.69) is 5.32 Å². The normalized spacial score (nSPS) is 14.1. The number of hydrogen-bond donors (Lipinski definition) is 1. The molecule has 0 amide bonds. The number of carbonyl (C=O) groups excluding carboxylic acids is 1. The molecule has 138 valence electrons. The van der Waals surface area contributed by atoms with E-state index in [1.54, 1.807) is 6.07 Å². The quantitative estimate of drug-likeness (QED) is 0.818. The summed E-state index contributed by atoms with van der Waals surface area (Å²) in [4.78, 5) is 13.6. The van der Waals surface area contributed by atoms with Gasteiger partial charge in [-0.2, -0.15) is 0 Å². The highest BCUT2D eigenvalue weighted by Crippen LogP contribution is 2.25. The third-order valence-electron chi connectivity index (χ3n) is 4.30. The maximum absolute atomic E-state index is 11.6. The molecular weight excluding hydrogens is 332 g/mol. The van der Waals surface area contributed by atoms with Crippen molar-refractivity contribution in [1.29, 1.82) is 0 Å². The van der Waals surface area contributed by atoms with Gasteiger partial charge in [0.1, 0.15) is 5.75 Å². The van der Waals surface area contributed by atoms with Crippen LogP contribution in [-0.4, -0.2) is 38.9 Å². The lowest BCUT2D eigenvalue weighted by molar-refractivity contribution is -0.254. The van der Waals surface area contributed by atoms with Crippen LogP contribution in [0.15, 0.2) is 42.5 Å². The third-order valence-corrected chi connectivity index (χ3v) is 4.30. The number of anilines is 2. The standard InChI is InChI=1S/C20H24N2O4/c1-2-26-17-6-3-15(4-7-17)14-21-16-5-8-19(18(13-16)20(23)24)22-9-11-25-12-10-22/h3-8,13,21H,2,9-12,14H2,1H3,(H,23,24)/p-1. The Morgan fingerprint density at radius 3 is 2.58 bits per heavy atom. The van der Waals surface area contributed by atoms with Crippen molar-refractivity contribution in [2.24, 2.45) is 0 Å². The van der Waals surface area contributed by atoms with E-state index in [1.165, 1.54) is 0 Å². The molecule has 0 radical (unpaired) electrons. The number of carboxylic acid groups (broad SMARTS) is 1. The zero-order valence-corrected chi connectivity index (χ0v) is 14.9. The lowest BCUT2D eigenvalue weighted by atomic mass is 10.1. The van der Waals surface area contributed by atoms with E-state index in [4.69, 9.17) is 9.47 Å². The van der Waals surface area contributed by atoms with Gasteiger partial charge in [-0.3, -0.25) is 0 Å². The second kappa shape index (κ2) is 8.58. The van der Waals surface area contributed by atoms with E-state index in [0.717, 1.165) is 17.0 Å². The number of ether oxygens (including phenoxy) is 2. The van der Waals surface area contributed by atoms with Crippen molar-refractivity contribution >= 4 is 17.3 Å². The number of carboxylic acids is 1. The molecule has 2 aromatic carbocycles. The molecule has 0 bridgehead atoms. The lowest BCUT2D eigenvalue weighted by Crippen LogP contribution is -2.38. The highest BCUT2D eigenvalue weighted by molar-refractivity contribution is 5.94. The smallest absolute Gasteiger partial charge is 0.119 e. The summed E-state index contributed by atoms with van der Waals surface area (Å²) in [5.41, 5.74) is 2.71. The fourth-order valence-electron chi connectivity index (χ4n) is 2.96. The predicted molar refractivity (Wildman–Crippen MR) is 98.7 cm³/mol. The number of aromatic carboxylic acids is 1. The average molecular weight is 355 g/mol. The first-order valence-corrected chi connectivity index (χ1v) is 8.81. The first-order chi connectivity index (χ1) is 12.7. The van der Waals surface area contributed by atoms with Crippen molar-refractivity contribution in [2.75, 3.05) is 43.1 Å². The van der Waals surface area contributed by atoms with Gasteiger partial charge in [0.15, 0.2) is 0 Å². The van der Waals surface area contributed by atoms with E-state index >= 15 is 0 Å². The molecule has 1 saturated heterocycles. The molecule has 0 saturated carbocycles. The molecule has 0 unspecified atom stereocenters. The highest BCUT2D eigenvalue weighted by Gasteiger charge is 2.15. The molecule has 1 aliphatic heterocycles. The molecule has 2 aromatic rings. The van der Waals surface area contributed by atoms with Gasteiger partial charge in [-0.05, 0) is 42.8 Å². The Hall–Kier alpha value is -2.73. The molecule has 6 nitrogen and oxygen atoms in total. The molecule has 3 rings (SSSR count). The summed E-state index contributed by atoms with van der Waals surface area (Å²) in [5, 5.41) is 14.8. The first-order valence-electron chi connectivity index (χ1n) is 8.81. The third kappa shape index (κ3) is 4.46. The van der Waals surface area contributed by atoms with Crippen molar-refractivity contribution in [1.82, 2.24) is 0 Å². The second-order valence-electron chi connectivity index (χ2n) is 6.05. The summed E-state index contributed by atoms with van der Waals surface area (Å²) in [6.07, 6.45) is 0. The van der Waals surface area contributed by atoms with Crippen LogP contribution in [0.25, 0.3) is 0 Å². The van der Waals surface area contributed by atoms with Gasteiger partial charge in [0.05, 0.1) is 25.8 Å². The van der Waals surface area contributed by atoms with Gasteiger partial charge >= 0.3 is 0 Å². The van der Waals surface area contributed by atoms with Gasteiger partial charge in [0.2, 0.25) is 0 Å². The Morgan fingerprint density at radius 2 is 1.92 bits per heavy atom. The van der Waals surface area contributed by atoms with Crippen molar-refractivity contribution in [3.63, 3.8) is 0 Å². The van der Waals surface area contributed by atoms with E-state index in [0.29, 0.717) is 45.1 Å². The summed E-state index contributed by atoms with van der Waals surface area (Å²) in [7, 11) is 0. The zero-order chi connectivity index (χ0) is 18.4. The molecule has 1 fully saturated rings. The minimum absolute atomic E-state index is 0.198. The first kappa shape index (κ1) is 18.1. The fraction of sp³-hybridized carbons (Fsp3) is 0.350. The van der Waals surface area contributed by atoms with Gasteiger partial charge in [-0.15, -0.1) is 0 Å². The summed E-state index contributed by atoms with van der Waals surface area (Å²) in [6, 6.07) is 13.2. The van der Waals surface area contributed by atoms with Crippen molar-refractivity contribution in [3.8, 4) is 5.75 Å². The average Bonchev–Trinajstić information content (AvgIpc) is 2.68. The minimum atomic E-state index is -1.17. The van der Waals surface area contributed by atoms with E-state index in [9.17, 15) is 9.90 Å². The molecule has 0 atom stereocenters. The van der Waals surface area contributed by atoms with Gasteiger partial charge < -0.3 is 29.6 Å². The minimum Gasteiger partial charge on any atom is -0.545 e. The lowest BCUT2D eigenvalue weighted by Gasteiger charge is -2.31. The Kier molecular flexibility index (Phi) is 5.96. The Balaban J connectivity index is 1.69. The molecule has 26 heavy (non-hydrogen) atoms. The maximum Gasteiger partial charge on any atom is 0.119 e. The van der Waals surface area contributed by atoms with Crippen molar-refractivity contribution in [2.45, 2.75) is 13.5 Å². The van der Waals surface area contributed by atoms with Crippen LogP contribution in [0.2, 0.25) is 0 Å². The van der Waals surface area contributed by atoms with Crippen LogP contribution >= 0.6 is 0 Å². The van der Waals surface area contributed by atoms with E-state index < -0.39 is 5.97 Å². The van der Waals surface area contributed by atoms with Gasteiger partial charge in [0, 0.05) is 36.6 Å². The summed E-state index contributed by atoms with van der Waals surface area (Å²) in [5.74, 6) is -0.332. The summed E-state index contributed by atoms with van der Waals surface area (Å²) < 4.78 is 10.8. The Bertz CT molecular complexity index is 740. The number of morpholine rings is 1. The van der Waals surface area contributed by atoms with Crippen molar-refractivity contribution < 1.29 is 19.4 Å². The fourth-order valence-corrected chi connectivity index (χ4v) is 2.96. The van der Waals surface area contributed by atoms with Crippen LogP contribution in [0.5, 0.6) is 5.75 Å². The zero-order valence-electron chi connectivity index (χ0n) is 14.9. The van der Waals surface area contributed by atoms with E-state index in [1.807, 2.05) is 48.2 Å². The predicted octanol–water partition coefficient (Wildman–Crippen LogP) is 1.90. The Labute approximate surface area is 153 Å².